The van der Waals surface area contributed by atoms with Crippen molar-refractivity contribution in [2.45, 2.75) is 13.8 Å². The molecule has 106 valence electrons. The second kappa shape index (κ2) is 5.40. The van der Waals surface area contributed by atoms with Gasteiger partial charge in [0.05, 0.1) is 30.4 Å². The predicted octanol–water partition coefficient (Wildman–Crippen LogP) is 3.56. The maximum absolute atomic E-state index is 5.10. The fraction of sp³-hybridized carbons (Fsp3) is 0.176. The molecular formula is C17H17N3O. The van der Waals surface area contributed by atoms with Gasteiger partial charge in [0.1, 0.15) is 0 Å². The highest BCUT2D eigenvalue weighted by molar-refractivity contribution is 5.63. The smallest absolute Gasteiger partial charge is 0.213 e. The summed E-state index contributed by atoms with van der Waals surface area (Å²) < 4.78 is 7.01. The molecule has 0 unspecified atom stereocenters. The van der Waals surface area contributed by atoms with Crippen LogP contribution >= 0.6 is 0 Å². The number of aromatic nitrogens is 3. The molecular weight excluding hydrogens is 262 g/mol. The lowest BCUT2D eigenvalue weighted by molar-refractivity contribution is 0.397. The molecule has 2 aromatic heterocycles. The van der Waals surface area contributed by atoms with Crippen LogP contribution < -0.4 is 4.74 Å². The summed E-state index contributed by atoms with van der Waals surface area (Å²) in [6.45, 7) is 4.08. The summed E-state index contributed by atoms with van der Waals surface area (Å²) in [4.78, 5) is 4.25. The minimum absolute atomic E-state index is 0.597. The van der Waals surface area contributed by atoms with E-state index < -0.39 is 0 Å². The van der Waals surface area contributed by atoms with E-state index in [4.69, 9.17) is 4.74 Å². The first kappa shape index (κ1) is 13.4. The molecule has 0 amide bonds. The summed E-state index contributed by atoms with van der Waals surface area (Å²) in [6.07, 6.45) is 1.77. The Labute approximate surface area is 124 Å². The largest absolute Gasteiger partial charge is 0.481 e. The van der Waals surface area contributed by atoms with Crippen LogP contribution in [0.5, 0.6) is 5.88 Å². The van der Waals surface area contributed by atoms with E-state index in [9.17, 15) is 0 Å². The lowest BCUT2D eigenvalue weighted by Crippen LogP contribution is -2.00. The summed E-state index contributed by atoms with van der Waals surface area (Å²) >= 11 is 0. The summed E-state index contributed by atoms with van der Waals surface area (Å²) in [5.41, 5.74) is 5.32. The Kier molecular flexibility index (Phi) is 3.44. The van der Waals surface area contributed by atoms with E-state index in [2.05, 4.69) is 47.3 Å². The van der Waals surface area contributed by atoms with Crippen molar-refractivity contribution in [1.82, 2.24) is 14.8 Å². The highest BCUT2D eigenvalue weighted by atomic mass is 16.5. The number of nitrogens with zero attached hydrogens (tertiary/aromatic N) is 3. The Morgan fingerprint density at radius 3 is 2.57 bits per heavy atom. The van der Waals surface area contributed by atoms with Crippen LogP contribution in [-0.2, 0) is 0 Å². The SMILES string of the molecule is COc1ccc(-n2nc(C)cc2-c2cccc(C)c2)cn1. The molecule has 4 nitrogen and oxygen atoms in total. The average Bonchev–Trinajstić information content (AvgIpc) is 2.89. The molecule has 2 heterocycles. The van der Waals surface area contributed by atoms with Crippen molar-refractivity contribution in [2.75, 3.05) is 7.11 Å². The van der Waals surface area contributed by atoms with Crippen LogP contribution in [0.25, 0.3) is 16.9 Å². The second-order valence-electron chi connectivity index (χ2n) is 5.01. The quantitative estimate of drug-likeness (QED) is 0.736. The topological polar surface area (TPSA) is 39.9 Å². The van der Waals surface area contributed by atoms with Gasteiger partial charge in [-0.25, -0.2) is 9.67 Å². The van der Waals surface area contributed by atoms with Crippen LogP contribution in [0, 0.1) is 13.8 Å². The number of rotatable bonds is 3. The van der Waals surface area contributed by atoms with E-state index in [1.165, 1.54) is 5.56 Å². The highest BCUT2D eigenvalue weighted by Crippen LogP contribution is 2.24. The van der Waals surface area contributed by atoms with E-state index in [0.29, 0.717) is 5.88 Å². The zero-order chi connectivity index (χ0) is 14.8. The van der Waals surface area contributed by atoms with Gasteiger partial charge in [0.15, 0.2) is 0 Å². The molecule has 3 rings (SSSR count). The van der Waals surface area contributed by atoms with Crippen LogP contribution in [0.15, 0.2) is 48.7 Å². The number of ether oxygens (including phenoxy) is 1. The van der Waals surface area contributed by atoms with Crippen molar-refractivity contribution in [3.8, 4) is 22.8 Å². The van der Waals surface area contributed by atoms with E-state index >= 15 is 0 Å². The van der Waals surface area contributed by atoms with Crippen molar-refractivity contribution in [2.24, 2.45) is 0 Å². The third-order valence-electron chi connectivity index (χ3n) is 3.32. The Morgan fingerprint density at radius 1 is 1.05 bits per heavy atom. The number of pyridine rings is 1. The molecule has 0 aliphatic heterocycles. The monoisotopic (exact) mass is 279 g/mol. The van der Waals surface area contributed by atoms with Crippen molar-refractivity contribution in [1.29, 1.82) is 0 Å². The lowest BCUT2D eigenvalue weighted by Gasteiger charge is -2.08. The van der Waals surface area contributed by atoms with Crippen molar-refractivity contribution < 1.29 is 4.74 Å². The molecule has 0 spiro atoms. The number of methoxy groups -OCH3 is 1. The molecule has 0 fully saturated rings. The number of hydrogen-bond donors (Lipinski definition) is 0. The minimum Gasteiger partial charge on any atom is -0.481 e. The van der Waals surface area contributed by atoms with Crippen molar-refractivity contribution in [3.63, 3.8) is 0 Å². The number of benzene rings is 1. The molecule has 0 aliphatic carbocycles. The van der Waals surface area contributed by atoms with Crippen LogP contribution in [0.1, 0.15) is 11.3 Å². The van der Waals surface area contributed by atoms with Gasteiger partial charge in [0.2, 0.25) is 5.88 Å². The minimum atomic E-state index is 0.597. The first-order valence-electron chi connectivity index (χ1n) is 6.81. The summed E-state index contributed by atoms with van der Waals surface area (Å²) in [6, 6.07) is 14.3. The van der Waals surface area contributed by atoms with Crippen LogP contribution in [0.4, 0.5) is 0 Å². The van der Waals surface area contributed by atoms with Crippen LogP contribution in [-0.4, -0.2) is 21.9 Å². The molecule has 3 aromatic rings. The molecule has 0 aliphatic rings. The van der Waals surface area contributed by atoms with Gasteiger partial charge in [-0.15, -0.1) is 0 Å². The Bertz CT molecular complexity index is 760. The first-order valence-corrected chi connectivity index (χ1v) is 6.81. The van der Waals surface area contributed by atoms with E-state index in [1.807, 2.05) is 23.7 Å². The van der Waals surface area contributed by atoms with Gasteiger partial charge < -0.3 is 4.74 Å². The summed E-state index contributed by atoms with van der Waals surface area (Å²) in [5, 5.41) is 4.58. The van der Waals surface area contributed by atoms with Gasteiger partial charge >= 0.3 is 0 Å². The van der Waals surface area contributed by atoms with Gasteiger partial charge in [-0.05, 0) is 32.0 Å². The zero-order valence-corrected chi connectivity index (χ0v) is 12.4. The maximum Gasteiger partial charge on any atom is 0.213 e. The predicted molar refractivity (Wildman–Crippen MR) is 82.8 cm³/mol. The lowest BCUT2D eigenvalue weighted by atomic mass is 10.1. The molecule has 0 radical (unpaired) electrons. The molecule has 0 bridgehead atoms. The van der Waals surface area contributed by atoms with Crippen LogP contribution in [0.2, 0.25) is 0 Å². The van der Waals surface area contributed by atoms with Gasteiger partial charge in [-0.2, -0.15) is 5.10 Å². The fourth-order valence-electron chi connectivity index (χ4n) is 2.32. The van der Waals surface area contributed by atoms with Gasteiger partial charge in [0, 0.05) is 11.6 Å². The molecule has 0 saturated heterocycles. The van der Waals surface area contributed by atoms with E-state index in [-0.39, 0.29) is 0 Å². The van der Waals surface area contributed by atoms with Gasteiger partial charge in [0.25, 0.3) is 0 Å². The van der Waals surface area contributed by atoms with Crippen molar-refractivity contribution >= 4 is 0 Å². The molecule has 1 aromatic carbocycles. The third-order valence-corrected chi connectivity index (χ3v) is 3.32. The average molecular weight is 279 g/mol. The molecule has 0 atom stereocenters. The van der Waals surface area contributed by atoms with E-state index in [0.717, 1.165) is 22.6 Å². The maximum atomic E-state index is 5.10. The molecule has 0 N–H and O–H groups in total. The Hall–Kier alpha value is -2.62. The zero-order valence-electron chi connectivity index (χ0n) is 12.4. The first-order chi connectivity index (χ1) is 10.2. The fourth-order valence-corrected chi connectivity index (χ4v) is 2.32. The third kappa shape index (κ3) is 2.65. The molecule has 0 saturated carbocycles. The summed E-state index contributed by atoms with van der Waals surface area (Å²) in [7, 11) is 1.61. The Balaban J connectivity index is 2.10. The van der Waals surface area contributed by atoms with Gasteiger partial charge in [-0.3, -0.25) is 0 Å². The normalized spacial score (nSPS) is 10.6. The Morgan fingerprint density at radius 2 is 1.90 bits per heavy atom. The number of hydrogen-bond acceptors (Lipinski definition) is 3. The second-order valence-corrected chi connectivity index (χ2v) is 5.01. The van der Waals surface area contributed by atoms with Crippen LogP contribution in [0.3, 0.4) is 0 Å². The van der Waals surface area contributed by atoms with Gasteiger partial charge in [-0.1, -0.05) is 23.8 Å². The van der Waals surface area contributed by atoms with E-state index in [1.54, 1.807) is 13.3 Å². The number of aryl methyl sites for hydroxylation is 2. The summed E-state index contributed by atoms with van der Waals surface area (Å²) in [5.74, 6) is 0.597. The molecule has 21 heavy (non-hydrogen) atoms. The molecule has 4 heteroatoms. The highest BCUT2D eigenvalue weighted by Gasteiger charge is 2.10. The standard InChI is InChI=1S/C17H17N3O/c1-12-5-4-6-14(9-12)16-10-13(2)19-20(16)15-7-8-17(21-3)18-11-15/h4-11H,1-3H3. The van der Waals surface area contributed by atoms with Crippen molar-refractivity contribution in [3.05, 3.63) is 59.9 Å².